The molecule has 0 radical (unpaired) electrons. The van der Waals surface area contributed by atoms with Crippen LogP contribution in [0.5, 0.6) is 0 Å². The van der Waals surface area contributed by atoms with Gasteiger partial charge in [-0.15, -0.1) is 0 Å². The first kappa shape index (κ1) is 17.9. The van der Waals surface area contributed by atoms with Crippen LogP contribution >= 0.6 is 0 Å². The number of pyridine rings is 1. The molecule has 148 valence electrons. The maximum Gasteiger partial charge on any atom is 0.258 e. The predicted molar refractivity (Wildman–Crippen MR) is 112 cm³/mol. The van der Waals surface area contributed by atoms with Crippen LogP contribution in [-0.4, -0.2) is 26.8 Å². The number of carbonyl (C=O) groups excluding carboxylic acids is 1. The van der Waals surface area contributed by atoms with Gasteiger partial charge in [0, 0.05) is 18.3 Å². The van der Waals surface area contributed by atoms with Crippen LogP contribution in [-0.2, 0) is 6.42 Å². The smallest absolute Gasteiger partial charge is 0.258 e. The Kier molecular flexibility index (Phi) is 4.76. The highest BCUT2D eigenvalue weighted by Gasteiger charge is 2.32. The Hall–Kier alpha value is -3.15. The summed E-state index contributed by atoms with van der Waals surface area (Å²) in [5.41, 5.74) is 2.97. The summed E-state index contributed by atoms with van der Waals surface area (Å²) in [5, 5.41) is 11.2. The highest BCUT2D eigenvalue weighted by Crippen LogP contribution is 2.40. The fourth-order valence-electron chi connectivity index (χ4n) is 4.63. The van der Waals surface area contributed by atoms with E-state index < -0.39 is 0 Å². The molecule has 1 fully saturated rings. The summed E-state index contributed by atoms with van der Waals surface area (Å²) in [6.07, 6.45) is 8.44. The first-order valence-electron chi connectivity index (χ1n) is 10.4. The number of hydrogen-bond acceptors (Lipinski definition) is 4. The van der Waals surface area contributed by atoms with Crippen molar-refractivity contribution in [3.05, 3.63) is 77.7 Å². The number of hydrogen-bond donors (Lipinski definition) is 2. The minimum absolute atomic E-state index is 0.0682. The summed E-state index contributed by atoms with van der Waals surface area (Å²) in [6.45, 7) is 0. The van der Waals surface area contributed by atoms with E-state index in [0.29, 0.717) is 23.9 Å². The highest BCUT2D eigenvalue weighted by molar-refractivity contribution is 6.00. The summed E-state index contributed by atoms with van der Waals surface area (Å²) < 4.78 is 2.05. The van der Waals surface area contributed by atoms with Gasteiger partial charge in [-0.1, -0.05) is 42.8 Å². The summed E-state index contributed by atoms with van der Waals surface area (Å²) >= 11 is 0. The fourth-order valence-corrected chi connectivity index (χ4v) is 4.63. The van der Waals surface area contributed by atoms with Crippen molar-refractivity contribution in [2.24, 2.45) is 0 Å². The van der Waals surface area contributed by atoms with Gasteiger partial charge in [-0.25, -0.2) is 4.68 Å². The van der Waals surface area contributed by atoms with Gasteiger partial charge >= 0.3 is 0 Å². The quantitative estimate of drug-likeness (QED) is 0.712. The number of rotatable bonds is 4. The van der Waals surface area contributed by atoms with Crippen molar-refractivity contribution in [1.29, 1.82) is 0 Å². The van der Waals surface area contributed by atoms with Gasteiger partial charge in [0.05, 0.1) is 12.2 Å². The molecule has 2 N–H and O–H groups in total. The number of carbonyl (C=O) groups is 1. The Morgan fingerprint density at radius 2 is 1.90 bits per heavy atom. The first-order chi connectivity index (χ1) is 14.3. The lowest BCUT2D eigenvalue weighted by molar-refractivity contribution is 0.0935. The van der Waals surface area contributed by atoms with E-state index in [1.165, 1.54) is 18.4 Å². The van der Waals surface area contributed by atoms with E-state index in [2.05, 4.69) is 55.7 Å². The molecule has 1 aliphatic carbocycles. The molecule has 0 saturated heterocycles. The second-order valence-corrected chi connectivity index (χ2v) is 7.98. The van der Waals surface area contributed by atoms with E-state index in [1.54, 1.807) is 12.4 Å². The van der Waals surface area contributed by atoms with Gasteiger partial charge in [-0.2, -0.15) is 5.10 Å². The molecule has 1 aromatic carbocycles. The summed E-state index contributed by atoms with van der Waals surface area (Å²) in [4.78, 5) is 17.0. The average molecular weight is 387 g/mol. The second-order valence-electron chi connectivity index (χ2n) is 7.98. The van der Waals surface area contributed by atoms with Crippen LogP contribution < -0.4 is 10.6 Å². The fraction of sp³-hybridized carbons (Fsp3) is 0.348. The zero-order valence-electron chi connectivity index (χ0n) is 16.3. The summed E-state index contributed by atoms with van der Waals surface area (Å²) in [5.74, 6) is 1.31. The van der Waals surface area contributed by atoms with Crippen LogP contribution in [0.1, 0.15) is 59.3 Å². The van der Waals surface area contributed by atoms with Crippen LogP contribution in [0.15, 0.2) is 60.9 Å². The third kappa shape index (κ3) is 3.62. The van der Waals surface area contributed by atoms with Gasteiger partial charge in [0.1, 0.15) is 17.5 Å². The van der Waals surface area contributed by atoms with Crippen LogP contribution in [0, 0.1) is 0 Å². The molecular weight excluding hydrogens is 362 g/mol. The van der Waals surface area contributed by atoms with Crippen molar-refractivity contribution in [2.75, 3.05) is 5.32 Å². The molecule has 1 amide bonds. The van der Waals surface area contributed by atoms with E-state index in [-0.39, 0.29) is 12.1 Å². The van der Waals surface area contributed by atoms with E-state index in [4.69, 9.17) is 0 Å². The van der Waals surface area contributed by atoms with E-state index in [1.807, 2.05) is 18.2 Å². The molecule has 3 aromatic rings. The molecule has 2 aliphatic rings. The van der Waals surface area contributed by atoms with Crippen LogP contribution in [0.4, 0.5) is 5.82 Å². The molecular formula is C23H25N5O. The van der Waals surface area contributed by atoms with Crippen molar-refractivity contribution in [3.63, 3.8) is 0 Å². The molecule has 0 spiro atoms. The second kappa shape index (κ2) is 7.70. The minimum Gasteiger partial charge on any atom is -0.349 e. The minimum atomic E-state index is -0.186. The van der Waals surface area contributed by atoms with E-state index in [0.717, 1.165) is 24.4 Å². The molecule has 3 atom stereocenters. The normalized spacial score (nSPS) is 23.7. The van der Waals surface area contributed by atoms with Gasteiger partial charge in [0.2, 0.25) is 0 Å². The van der Waals surface area contributed by atoms with Gasteiger partial charge in [0.15, 0.2) is 0 Å². The van der Waals surface area contributed by atoms with Crippen LogP contribution in [0.3, 0.4) is 0 Å². The lowest BCUT2D eigenvalue weighted by Crippen LogP contribution is -2.46. The number of aromatic nitrogens is 3. The van der Waals surface area contributed by atoms with E-state index in [9.17, 15) is 4.79 Å². The maximum atomic E-state index is 12.6. The van der Waals surface area contributed by atoms with E-state index >= 15 is 0 Å². The molecule has 2 aromatic heterocycles. The zero-order valence-corrected chi connectivity index (χ0v) is 16.3. The van der Waals surface area contributed by atoms with Gasteiger partial charge in [-0.3, -0.25) is 9.78 Å². The van der Waals surface area contributed by atoms with Crippen molar-refractivity contribution >= 4 is 11.7 Å². The monoisotopic (exact) mass is 387 g/mol. The van der Waals surface area contributed by atoms with Gasteiger partial charge < -0.3 is 10.6 Å². The zero-order chi connectivity index (χ0) is 19.6. The lowest BCUT2D eigenvalue weighted by Gasteiger charge is -2.33. The Morgan fingerprint density at radius 3 is 2.72 bits per heavy atom. The number of fused-ring (bicyclic) bond motifs is 1. The topological polar surface area (TPSA) is 71.8 Å². The molecule has 0 bridgehead atoms. The molecule has 6 nitrogen and oxygen atoms in total. The maximum absolute atomic E-state index is 12.6. The molecule has 3 heterocycles. The number of nitrogens with zero attached hydrogens (tertiary/aromatic N) is 3. The third-order valence-electron chi connectivity index (χ3n) is 6.06. The molecule has 5 rings (SSSR count). The van der Waals surface area contributed by atoms with Crippen LogP contribution in [0.2, 0.25) is 0 Å². The predicted octanol–water partition coefficient (Wildman–Crippen LogP) is 3.90. The molecule has 1 saturated carbocycles. The summed E-state index contributed by atoms with van der Waals surface area (Å²) in [7, 11) is 0. The molecule has 6 heteroatoms. The molecule has 29 heavy (non-hydrogen) atoms. The molecule has 3 unspecified atom stereocenters. The van der Waals surface area contributed by atoms with Crippen molar-refractivity contribution in [1.82, 2.24) is 20.1 Å². The number of benzene rings is 1. The Morgan fingerprint density at radius 1 is 1.03 bits per heavy atom. The number of nitrogens with one attached hydrogen (secondary N) is 2. The van der Waals surface area contributed by atoms with Crippen molar-refractivity contribution < 1.29 is 4.79 Å². The Labute approximate surface area is 170 Å². The van der Waals surface area contributed by atoms with Gasteiger partial charge in [0.25, 0.3) is 5.91 Å². The van der Waals surface area contributed by atoms with Crippen molar-refractivity contribution in [3.8, 4) is 0 Å². The van der Waals surface area contributed by atoms with Gasteiger partial charge in [-0.05, 0) is 42.9 Å². The average Bonchev–Trinajstić information content (AvgIpc) is 3.20. The first-order valence-corrected chi connectivity index (χ1v) is 10.4. The summed E-state index contributed by atoms with van der Waals surface area (Å²) in [6, 6.07) is 16.9. The standard InChI is InChI=1S/C23H25N5O/c29-23-20-15-25-28(19-11-6-9-17(13-19)16-7-2-1-3-8-16)22(20)26-21(27-23)14-18-10-4-5-12-24-18/h1-5,7-8,10,12,15,17,19,21,26H,6,9,11,13-14H2,(H,27,29). The van der Waals surface area contributed by atoms with Crippen LogP contribution in [0.25, 0.3) is 0 Å². The largest absolute Gasteiger partial charge is 0.349 e. The third-order valence-corrected chi connectivity index (χ3v) is 6.06. The Bertz CT molecular complexity index is 985. The highest BCUT2D eigenvalue weighted by atomic mass is 16.2. The molecule has 1 aliphatic heterocycles. The van der Waals surface area contributed by atoms with Crippen molar-refractivity contribution in [2.45, 2.75) is 50.2 Å². The SMILES string of the molecule is O=C1NC(Cc2ccccn2)Nc2c1cnn2C1CCCC(c2ccccc2)C1. The number of anilines is 1. The Balaban J connectivity index is 1.37. The number of amides is 1. The lowest BCUT2D eigenvalue weighted by atomic mass is 9.81.